The summed E-state index contributed by atoms with van der Waals surface area (Å²) in [6, 6.07) is 13.5. The van der Waals surface area contributed by atoms with Crippen LogP contribution in [0.3, 0.4) is 0 Å². The van der Waals surface area contributed by atoms with E-state index in [1.165, 1.54) is 16.4 Å². The summed E-state index contributed by atoms with van der Waals surface area (Å²) in [5, 5.41) is 13.3. The standard InChI is InChI=1S/C21H25ClN2O5S/c1-15(2)16-7-9-17(10-8-16)23-20(25)29-21(26)11-13-24(14-12-21)30(27,28)19-6-4-3-5-18(19)22/h3-10,15,26H,11-14H2,1-2H3,(H,23,25). The Morgan fingerprint density at radius 3 is 2.30 bits per heavy atom. The molecule has 7 nitrogen and oxygen atoms in total. The minimum atomic E-state index is -3.80. The van der Waals surface area contributed by atoms with E-state index in [1.54, 1.807) is 24.3 Å². The molecule has 162 valence electrons. The summed E-state index contributed by atoms with van der Waals surface area (Å²) in [7, 11) is -3.80. The quantitative estimate of drug-likeness (QED) is 0.663. The molecule has 0 saturated carbocycles. The smallest absolute Gasteiger partial charge is 0.414 e. The SMILES string of the molecule is CC(C)c1ccc(NC(=O)OC2(O)CCN(S(=O)(=O)c3ccccc3Cl)CC2)cc1. The topological polar surface area (TPSA) is 95.9 Å². The lowest BCUT2D eigenvalue weighted by Crippen LogP contribution is -2.49. The van der Waals surface area contributed by atoms with E-state index in [9.17, 15) is 18.3 Å². The predicted octanol–water partition coefficient (Wildman–Crippen LogP) is 4.19. The average molecular weight is 453 g/mol. The van der Waals surface area contributed by atoms with Crippen LogP contribution in [0.5, 0.6) is 0 Å². The number of sulfonamides is 1. The van der Waals surface area contributed by atoms with Gasteiger partial charge in [-0.15, -0.1) is 0 Å². The number of carbonyl (C=O) groups excluding carboxylic acids is 1. The number of nitrogens with zero attached hydrogens (tertiary/aromatic N) is 1. The molecule has 2 aromatic carbocycles. The highest BCUT2D eigenvalue weighted by Crippen LogP contribution is 2.30. The number of piperidine rings is 1. The Balaban J connectivity index is 1.59. The van der Waals surface area contributed by atoms with Gasteiger partial charge in [-0.25, -0.2) is 13.2 Å². The number of aliphatic hydroxyl groups is 1. The van der Waals surface area contributed by atoms with Crippen molar-refractivity contribution in [1.29, 1.82) is 0 Å². The lowest BCUT2D eigenvalue weighted by molar-refractivity contribution is -0.180. The van der Waals surface area contributed by atoms with Crippen molar-refractivity contribution < 1.29 is 23.1 Å². The van der Waals surface area contributed by atoms with Gasteiger partial charge in [0.15, 0.2) is 0 Å². The van der Waals surface area contributed by atoms with Crippen LogP contribution in [0.2, 0.25) is 5.02 Å². The molecule has 0 aliphatic carbocycles. The van der Waals surface area contributed by atoms with Crippen molar-refractivity contribution >= 4 is 33.4 Å². The summed E-state index contributed by atoms with van der Waals surface area (Å²) in [5.41, 5.74) is 1.69. The lowest BCUT2D eigenvalue weighted by Gasteiger charge is -2.36. The number of benzene rings is 2. The Morgan fingerprint density at radius 1 is 1.13 bits per heavy atom. The van der Waals surface area contributed by atoms with Crippen LogP contribution in [-0.4, -0.2) is 42.8 Å². The van der Waals surface area contributed by atoms with Gasteiger partial charge in [-0.05, 0) is 35.7 Å². The van der Waals surface area contributed by atoms with E-state index in [-0.39, 0.29) is 35.8 Å². The highest BCUT2D eigenvalue weighted by atomic mass is 35.5. The van der Waals surface area contributed by atoms with E-state index in [0.717, 1.165) is 5.56 Å². The number of nitrogens with one attached hydrogen (secondary N) is 1. The second-order valence-corrected chi connectivity index (χ2v) is 9.89. The molecule has 9 heteroatoms. The van der Waals surface area contributed by atoms with Crippen LogP contribution in [0.4, 0.5) is 10.5 Å². The van der Waals surface area contributed by atoms with Gasteiger partial charge in [0.1, 0.15) is 4.90 Å². The zero-order valence-electron chi connectivity index (χ0n) is 16.8. The van der Waals surface area contributed by atoms with Gasteiger partial charge in [-0.3, -0.25) is 5.32 Å². The summed E-state index contributed by atoms with van der Waals surface area (Å²) in [6.07, 6.45) is -0.885. The molecule has 1 aliphatic heterocycles. The summed E-state index contributed by atoms with van der Waals surface area (Å²) < 4.78 is 32.0. The third-order valence-corrected chi connectivity index (χ3v) is 7.46. The first-order chi connectivity index (χ1) is 14.1. The van der Waals surface area contributed by atoms with Gasteiger partial charge in [0, 0.05) is 31.6 Å². The molecule has 30 heavy (non-hydrogen) atoms. The maximum absolute atomic E-state index is 12.8. The number of amides is 1. The van der Waals surface area contributed by atoms with Gasteiger partial charge in [0.25, 0.3) is 0 Å². The molecule has 0 unspecified atom stereocenters. The molecular formula is C21H25ClN2O5S. The van der Waals surface area contributed by atoms with E-state index in [0.29, 0.717) is 11.6 Å². The Labute approximate surface area is 181 Å². The molecule has 1 amide bonds. The van der Waals surface area contributed by atoms with Crippen LogP contribution >= 0.6 is 11.6 Å². The molecular weight excluding hydrogens is 428 g/mol. The van der Waals surface area contributed by atoms with Gasteiger partial charge < -0.3 is 9.84 Å². The minimum Gasteiger partial charge on any atom is -0.417 e. The summed E-state index contributed by atoms with van der Waals surface area (Å²) in [5.74, 6) is -1.37. The Hall–Kier alpha value is -2.13. The van der Waals surface area contributed by atoms with E-state index in [1.807, 2.05) is 12.1 Å². The molecule has 1 heterocycles. The van der Waals surface area contributed by atoms with Gasteiger partial charge in [-0.1, -0.05) is 49.7 Å². The van der Waals surface area contributed by atoms with Crippen LogP contribution in [0.1, 0.15) is 38.2 Å². The number of rotatable bonds is 5. The average Bonchev–Trinajstić information content (AvgIpc) is 2.68. The van der Waals surface area contributed by atoms with Crippen molar-refractivity contribution in [2.75, 3.05) is 18.4 Å². The van der Waals surface area contributed by atoms with Gasteiger partial charge >= 0.3 is 6.09 Å². The third-order valence-electron chi connectivity index (χ3n) is 5.06. The van der Waals surface area contributed by atoms with Crippen molar-refractivity contribution in [1.82, 2.24) is 4.31 Å². The summed E-state index contributed by atoms with van der Waals surface area (Å²) in [4.78, 5) is 12.2. The number of ether oxygens (including phenoxy) is 1. The molecule has 0 spiro atoms. The van der Waals surface area contributed by atoms with Gasteiger partial charge in [-0.2, -0.15) is 4.31 Å². The zero-order chi connectivity index (χ0) is 21.9. The van der Waals surface area contributed by atoms with Crippen LogP contribution in [0, 0.1) is 0 Å². The lowest BCUT2D eigenvalue weighted by atomic mass is 10.0. The molecule has 3 rings (SSSR count). The molecule has 1 saturated heterocycles. The van der Waals surface area contributed by atoms with Crippen molar-refractivity contribution in [3.8, 4) is 0 Å². The number of hydrogen-bond donors (Lipinski definition) is 2. The fraction of sp³-hybridized carbons (Fsp3) is 0.381. The number of halogens is 1. The van der Waals surface area contributed by atoms with Crippen molar-refractivity contribution in [3.05, 3.63) is 59.1 Å². The summed E-state index contributed by atoms with van der Waals surface area (Å²) >= 11 is 6.02. The molecule has 2 aromatic rings. The first-order valence-corrected chi connectivity index (χ1v) is 11.5. The van der Waals surface area contributed by atoms with Gasteiger partial charge in [0.2, 0.25) is 15.8 Å². The van der Waals surface area contributed by atoms with E-state index < -0.39 is 21.9 Å². The third kappa shape index (κ3) is 5.13. The highest BCUT2D eigenvalue weighted by Gasteiger charge is 2.40. The summed E-state index contributed by atoms with van der Waals surface area (Å²) in [6.45, 7) is 4.15. The maximum Gasteiger partial charge on any atom is 0.414 e. The van der Waals surface area contributed by atoms with Crippen LogP contribution in [0.25, 0.3) is 0 Å². The van der Waals surface area contributed by atoms with Crippen LogP contribution in [-0.2, 0) is 14.8 Å². The van der Waals surface area contributed by atoms with Crippen molar-refractivity contribution in [3.63, 3.8) is 0 Å². The fourth-order valence-corrected chi connectivity index (χ4v) is 5.17. The van der Waals surface area contributed by atoms with E-state index >= 15 is 0 Å². The van der Waals surface area contributed by atoms with E-state index in [2.05, 4.69) is 19.2 Å². The van der Waals surface area contributed by atoms with Gasteiger partial charge in [0.05, 0.1) is 5.02 Å². The first kappa shape index (κ1) is 22.6. The zero-order valence-corrected chi connectivity index (χ0v) is 18.4. The molecule has 0 radical (unpaired) electrons. The highest BCUT2D eigenvalue weighted by molar-refractivity contribution is 7.89. The predicted molar refractivity (Wildman–Crippen MR) is 115 cm³/mol. The van der Waals surface area contributed by atoms with Crippen LogP contribution < -0.4 is 5.32 Å². The minimum absolute atomic E-state index is 0.000419. The molecule has 0 aromatic heterocycles. The monoisotopic (exact) mass is 452 g/mol. The van der Waals surface area contributed by atoms with Crippen LogP contribution in [0.15, 0.2) is 53.4 Å². The largest absolute Gasteiger partial charge is 0.417 e. The Bertz CT molecular complexity index is 1000. The molecule has 1 fully saturated rings. The number of hydrogen-bond acceptors (Lipinski definition) is 5. The fourth-order valence-electron chi connectivity index (χ4n) is 3.24. The second kappa shape index (κ2) is 8.93. The first-order valence-electron chi connectivity index (χ1n) is 9.68. The second-order valence-electron chi connectivity index (χ2n) is 7.57. The number of carbonyl (C=O) groups is 1. The Kier molecular flexibility index (Phi) is 6.71. The maximum atomic E-state index is 12.8. The van der Waals surface area contributed by atoms with Crippen molar-refractivity contribution in [2.45, 2.75) is 43.3 Å². The normalized spacial score (nSPS) is 17.0. The number of anilines is 1. The molecule has 0 atom stereocenters. The van der Waals surface area contributed by atoms with E-state index in [4.69, 9.17) is 16.3 Å². The molecule has 0 bridgehead atoms. The molecule has 2 N–H and O–H groups in total. The Morgan fingerprint density at radius 2 is 1.73 bits per heavy atom. The molecule has 1 aliphatic rings. The van der Waals surface area contributed by atoms with Crippen molar-refractivity contribution in [2.24, 2.45) is 0 Å².